The highest BCUT2D eigenvalue weighted by Crippen LogP contribution is 2.32. The highest BCUT2D eigenvalue weighted by molar-refractivity contribution is 5.78. The molecule has 27 heavy (non-hydrogen) atoms. The van der Waals surface area contributed by atoms with Crippen LogP contribution in [0.15, 0.2) is 48.5 Å². The molecular formula is C22H24FNO3. The van der Waals surface area contributed by atoms with Crippen LogP contribution in [0, 0.1) is 5.82 Å². The number of ether oxygens (including phenoxy) is 1. The van der Waals surface area contributed by atoms with E-state index in [-0.39, 0.29) is 30.2 Å². The van der Waals surface area contributed by atoms with E-state index in [1.807, 2.05) is 29.2 Å². The number of rotatable bonds is 7. The summed E-state index contributed by atoms with van der Waals surface area (Å²) in [5, 5.41) is 0. The topological polar surface area (TPSA) is 46.6 Å². The number of likely N-dealkylation sites (tertiary alicyclic amines) is 1. The molecule has 0 radical (unpaired) electrons. The first-order valence-corrected chi connectivity index (χ1v) is 9.29. The first-order valence-electron chi connectivity index (χ1n) is 9.29. The monoisotopic (exact) mass is 369 g/mol. The number of amides is 1. The average Bonchev–Trinajstić information content (AvgIpc) is 3.16. The predicted molar refractivity (Wildman–Crippen MR) is 101 cm³/mol. The van der Waals surface area contributed by atoms with Crippen molar-refractivity contribution in [3.8, 4) is 5.75 Å². The minimum Gasteiger partial charge on any atom is -0.484 e. The van der Waals surface area contributed by atoms with Crippen LogP contribution in [0.3, 0.4) is 0 Å². The van der Waals surface area contributed by atoms with Crippen molar-refractivity contribution in [2.24, 2.45) is 0 Å². The van der Waals surface area contributed by atoms with Crippen LogP contribution in [0.2, 0.25) is 0 Å². The maximum absolute atomic E-state index is 13.1. The third kappa shape index (κ3) is 5.16. The molecule has 2 aromatic carbocycles. The van der Waals surface area contributed by atoms with E-state index < -0.39 is 0 Å². The largest absolute Gasteiger partial charge is 0.484 e. The lowest BCUT2D eigenvalue weighted by molar-refractivity contribution is -0.134. The maximum Gasteiger partial charge on any atom is 0.261 e. The Bertz CT molecular complexity index is 786. The predicted octanol–water partition coefficient (Wildman–Crippen LogP) is 4.09. The van der Waals surface area contributed by atoms with E-state index in [2.05, 4.69) is 0 Å². The zero-order valence-corrected chi connectivity index (χ0v) is 15.5. The van der Waals surface area contributed by atoms with E-state index >= 15 is 0 Å². The Hall–Kier alpha value is -2.69. The second kappa shape index (κ2) is 8.80. The Morgan fingerprint density at radius 1 is 1.11 bits per heavy atom. The fraction of sp³-hybridized carbons (Fsp3) is 0.364. The molecule has 1 atom stereocenters. The lowest BCUT2D eigenvalue weighted by Gasteiger charge is -2.25. The molecule has 0 saturated carbocycles. The van der Waals surface area contributed by atoms with Crippen LogP contribution in [-0.2, 0) is 16.0 Å². The van der Waals surface area contributed by atoms with Crippen LogP contribution < -0.4 is 4.74 Å². The van der Waals surface area contributed by atoms with Crippen LogP contribution in [0.5, 0.6) is 5.75 Å². The molecule has 142 valence electrons. The number of aryl methyl sites for hydroxylation is 1. The normalized spacial score (nSPS) is 16.4. The number of halogens is 1. The zero-order valence-electron chi connectivity index (χ0n) is 15.5. The summed E-state index contributed by atoms with van der Waals surface area (Å²) < 4.78 is 18.8. The van der Waals surface area contributed by atoms with Gasteiger partial charge in [0.15, 0.2) is 6.61 Å². The molecule has 2 aromatic rings. The zero-order chi connectivity index (χ0) is 19.2. The summed E-state index contributed by atoms with van der Waals surface area (Å²) >= 11 is 0. The second-order valence-electron chi connectivity index (χ2n) is 6.93. The second-order valence-corrected chi connectivity index (χ2v) is 6.93. The lowest BCUT2D eigenvalue weighted by Crippen LogP contribution is -2.34. The first kappa shape index (κ1) is 19.1. The summed E-state index contributed by atoms with van der Waals surface area (Å²) in [7, 11) is 0. The van der Waals surface area contributed by atoms with E-state index in [0.717, 1.165) is 24.0 Å². The number of Topliss-reactive ketones (excluding diaryl/α,β-unsaturated/α-hetero) is 1. The molecule has 0 aliphatic carbocycles. The minimum absolute atomic E-state index is 0.0179. The Labute approximate surface area is 158 Å². The Balaban J connectivity index is 1.55. The van der Waals surface area contributed by atoms with E-state index in [4.69, 9.17) is 4.74 Å². The van der Waals surface area contributed by atoms with Gasteiger partial charge in [-0.25, -0.2) is 4.39 Å². The molecule has 1 heterocycles. The van der Waals surface area contributed by atoms with E-state index in [9.17, 15) is 14.0 Å². The van der Waals surface area contributed by atoms with Crippen LogP contribution in [0.25, 0.3) is 0 Å². The standard InChI is InChI=1S/C22H24FNO3/c1-16(25)4-5-17-6-12-20(13-7-17)27-15-22(26)24-14-2-3-21(24)18-8-10-19(23)11-9-18/h6-13,21H,2-5,14-15H2,1H3. The molecule has 1 aliphatic rings. The number of ketones is 1. The van der Waals surface area contributed by atoms with Crippen LogP contribution in [0.1, 0.15) is 43.4 Å². The van der Waals surface area contributed by atoms with Gasteiger partial charge in [-0.1, -0.05) is 24.3 Å². The number of nitrogens with zero attached hydrogens (tertiary/aromatic N) is 1. The van der Waals surface area contributed by atoms with E-state index in [0.29, 0.717) is 25.1 Å². The van der Waals surface area contributed by atoms with E-state index in [1.54, 1.807) is 19.1 Å². The summed E-state index contributed by atoms with van der Waals surface area (Å²) in [6.07, 6.45) is 3.04. The molecule has 4 nitrogen and oxygen atoms in total. The summed E-state index contributed by atoms with van der Waals surface area (Å²) in [6, 6.07) is 13.8. The van der Waals surface area contributed by atoms with Gasteiger partial charge in [-0.3, -0.25) is 4.79 Å². The van der Waals surface area contributed by atoms with Crippen LogP contribution in [0.4, 0.5) is 4.39 Å². The van der Waals surface area contributed by atoms with Crippen molar-refractivity contribution in [1.82, 2.24) is 4.90 Å². The van der Waals surface area contributed by atoms with Crippen molar-refractivity contribution in [3.63, 3.8) is 0 Å². The van der Waals surface area contributed by atoms with Gasteiger partial charge in [0.1, 0.15) is 17.3 Å². The van der Waals surface area contributed by atoms with Gasteiger partial charge in [0, 0.05) is 13.0 Å². The van der Waals surface area contributed by atoms with Gasteiger partial charge in [0.25, 0.3) is 5.91 Å². The van der Waals surface area contributed by atoms with Crippen molar-refractivity contribution in [3.05, 3.63) is 65.5 Å². The van der Waals surface area contributed by atoms with Gasteiger partial charge in [-0.2, -0.15) is 0 Å². The third-order valence-corrected chi connectivity index (χ3v) is 4.88. The lowest BCUT2D eigenvalue weighted by atomic mass is 10.0. The molecule has 1 amide bonds. The van der Waals surface area contributed by atoms with Gasteiger partial charge in [0.2, 0.25) is 0 Å². The summed E-state index contributed by atoms with van der Waals surface area (Å²) in [4.78, 5) is 25.5. The van der Waals surface area contributed by atoms with Gasteiger partial charge in [0.05, 0.1) is 6.04 Å². The molecular weight excluding hydrogens is 345 g/mol. The molecule has 1 unspecified atom stereocenters. The van der Waals surface area contributed by atoms with Crippen LogP contribution >= 0.6 is 0 Å². The fourth-order valence-corrected chi connectivity index (χ4v) is 3.40. The molecule has 3 rings (SSSR count). The number of carbonyl (C=O) groups excluding carboxylic acids is 2. The molecule has 0 spiro atoms. The Kier molecular flexibility index (Phi) is 6.22. The summed E-state index contributed by atoms with van der Waals surface area (Å²) in [5.41, 5.74) is 2.02. The van der Waals surface area contributed by atoms with Gasteiger partial charge < -0.3 is 14.4 Å². The number of hydrogen-bond acceptors (Lipinski definition) is 3. The van der Waals surface area contributed by atoms with Crippen LogP contribution in [-0.4, -0.2) is 29.7 Å². The summed E-state index contributed by atoms with van der Waals surface area (Å²) in [6.45, 7) is 2.25. The Morgan fingerprint density at radius 3 is 2.48 bits per heavy atom. The molecule has 0 N–H and O–H groups in total. The highest BCUT2D eigenvalue weighted by atomic mass is 19.1. The smallest absolute Gasteiger partial charge is 0.261 e. The number of hydrogen-bond donors (Lipinski definition) is 0. The molecule has 0 aromatic heterocycles. The number of benzene rings is 2. The minimum atomic E-state index is -0.273. The molecule has 5 heteroatoms. The third-order valence-electron chi connectivity index (χ3n) is 4.88. The average molecular weight is 369 g/mol. The fourth-order valence-electron chi connectivity index (χ4n) is 3.40. The number of carbonyl (C=O) groups is 2. The van der Waals surface area contributed by atoms with Crippen molar-refractivity contribution < 1.29 is 18.7 Å². The Morgan fingerprint density at radius 2 is 1.81 bits per heavy atom. The SMILES string of the molecule is CC(=O)CCc1ccc(OCC(=O)N2CCCC2c2ccc(F)cc2)cc1. The van der Waals surface area contributed by atoms with Crippen molar-refractivity contribution in [1.29, 1.82) is 0 Å². The quantitative estimate of drug-likeness (QED) is 0.738. The molecule has 1 fully saturated rings. The van der Waals surface area contributed by atoms with Gasteiger partial charge >= 0.3 is 0 Å². The van der Waals surface area contributed by atoms with E-state index in [1.165, 1.54) is 12.1 Å². The van der Waals surface area contributed by atoms with Gasteiger partial charge in [-0.15, -0.1) is 0 Å². The van der Waals surface area contributed by atoms with Crippen molar-refractivity contribution >= 4 is 11.7 Å². The maximum atomic E-state index is 13.1. The molecule has 1 saturated heterocycles. The first-order chi connectivity index (χ1) is 13.0. The summed E-state index contributed by atoms with van der Waals surface area (Å²) in [5.74, 6) is 0.460. The molecule has 1 aliphatic heterocycles. The molecule has 0 bridgehead atoms. The van der Waals surface area contributed by atoms with Gasteiger partial charge in [-0.05, 0) is 61.6 Å². The van der Waals surface area contributed by atoms with Crippen molar-refractivity contribution in [2.75, 3.05) is 13.2 Å². The highest BCUT2D eigenvalue weighted by Gasteiger charge is 2.30. The van der Waals surface area contributed by atoms with Crippen molar-refractivity contribution in [2.45, 2.75) is 38.6 Å².